The molecule has 0 radical (unpaired) electrons. The summed E-state index contributed by atoms with van der Waals surface area (Å²) in [5.41, 5.74) is 7.31. The number of rotatable bonds is 7. The smallest absolute Gasteiger partial charge is 0.264 e. The van der Waals surface area contributed by atoms with Crippen molar-refractivity contribution in [2.75, 3.05) is 45.1 Å². The molecule has 0 saturated carbocycles. The molecule has 2 aliphatic rings. The zero-order valence-electron chi connectivity index (χ0n) is 25.4. The van der Waals surface area contributed by atoms with Crippen molar-refractivity contribution < 1.29 is 18.7 Å². The maximum absolute atomic E-state index is 15.6. The molecule has 2 fully saturated rings. The number of para-hydroxylation sites is 1. The average molecular weight is 610 g/mol. The molecule has 2 aromatic carbocycles. The second-order valence-corrected chi connectivity index (χ2v) is 11.9. The number of hydrogen-bond acceptors (Lipinski definition) is 8. The number of fused-ring (bicyclic) bond motifs is 1. The molecule has 1 unspecified atom stereocenters. The second kappa shape index (κ2) is 12.7. The number of morpholine rings is 1. The highest BCUT2D eigenvalue weighted by Gasteiger charge is 2.32. The average Bonchev–Trinajstić information content (AvgIpc) is 3.45. The van der Waals surface area contributed by atoms with E-state index in [9.17, 15) is 10.1 Å². The van der Waals surface area contributed by atoms with Crippen LogP contribution in [0.3, 0.4) is 0 Å². The predicted octanol–water partition coefficient (Wildman–Crippen LogP) is 5.34. The Labute approximate surface area is 261 Å². The highest BCUT2D eigenvalue weighted by Crippen LogP contribution is 2.37. The largest absolute Gasteiger partial charge is 0.457 e. The van der Waals surface area contributed by atoms with Crippen molar-refractivity contribution in [3.8, 4) is 28.8 Å². The Morgan fingerprint density at radius 3 is 2.64 bits per heavy atom. The van der Waals surface area contributed by atoms with E-state index in [1.54, 1.807) is 47.5 Å². The number of nitrogens with two attached hydrogens (primary N) is 1. The number of piperidine rings is 1. The molecule has 4 aromatic rings. The Morgan fingerprint density at radius 2 is 1.91 bits per heavy atom. The first-order valence-corrected chi connectivity index (χ1v) is 15.2. The van der Waals surface area contributed by atoms with Crippen molar-refractivity contribution in [2.45, 2.75) is 38.3 Å². The van der Waals surface area contributed by atoms with Crippen LogP contribution < -0.4 is 10.5 Å². The molecule has 10 nitrogen and oxygen atoms in total. The fourth-order valence-corrected chi connectivity index (χ4v) is 6.19. The summed E-state index contributed by atoms with van der Waals surface area (Å²) in [6.45, 7) is 7.61. The van der Waals surface area contributed by atoms with Crippen molar-refractivity contribution in [3.05, 3.63) is 78.3 Å². The van der Waals surface area contributed by atoms with Gasteiger partial charge in [0.25, 0.3) is 5.91 Å². The first-order chi connectivity index (χ1) is 21.7. The van der Waals surface area contributed by atoms with Gasteiger partial charge in [-0.2, -0.15) is 10.4 Å². The van der Waals surface area contributed by atoms with Gasteiger partial charge < -0.3 is 20.1 Å². The first kappa shape index (κ1) is 30.2. The molecule has 6 rings (SSSR count). The molecule has 2 aromatic heterocycles. The number of anilines is 1. The van der Waals surface area contributed by atoms with Crippen LogP contribution in [0.15, 0.2) is 72.4 Å². The molecule has 1 amide bonds. The van der Waals surface area contributed by atoms with Crippen LogP contribution in [0.1, 0.15) is 32.7 Å². The van der Waals surface area contributed by atoms with Crippen LogP contribution in [-0.4, -0.2) is 75.4 Å². The minimum absolute atomic E-state index is 0.117. The minimum Gasteiger partial charge on any atom is -0.457 e. The SMILES string of the molecule is CC(C)(C=C(C#N)C(=O)N1CCCC(n2nc(-c3ccc(Oc4ccccc4)cc3F)c3c(N)nccc32)C1)N1CCOCC1. The summed E-state index contributed by atoms with van der Waals surface area (Å²) in [7, 11) is 0. The first-order valence-electron chi connectivity index (χ1n) is 15.2. The molecule has 0 aliphatic carbocycles. The van der Waals surface area contributed by atoms with Crippen LogP contribution in [-0.2, 0) is 9.53 Å². The molecule has 2 saturated heterocycles. The zero-order valence-corrected chi connectivity index (χ0v) is 25.4. The van der Waals surface area contributed by atoms with E-state index in [1.807, 2.05) is 36.7 Å². The molecule has 1 atom stereocenters. The normalized spacial score (nSPS) is 18.1. The van der Waals surface area contributed by atoms with E-state index in [0.717, 1.165) is 25.9 Å². The number of benzene rings is 2. The molecule has 0 spiro atoms. The van der Waals surface area contributed by atoms with Crippen LogP contribution in [0.4, 0.5) is 10.2 Å². The number of nitrogens with zero attached hydrogens (tertiary/aromatic N) is 6. The Bertz CT molecular complexity index is 1770. The molecule has 4 heterocycles. The Balaban J connectivity index is 1.28. The summed E-state index contributed by atoms with van der Waals surface area (Å²) in [6.07, 6.45) is 4.84. The van der Waals surface area contributed by atoms with Crippen LogP contribution in [0.2, 0.25) is 0 Å². The number of hydrogen-bond donors (Lipinski definition) is 1. The minimum atomic E-state index is -0.509. The fraction of sp³-hybridized carbons (Fsp3) is 0.353. The molecule has 0 bridgehead atoms. The number of carbonyl (C=O) groups is 1. The van der Waals surface area contributed by atoms with Gasteiger partial charge in [-0.1, -0.05) is 18.2 Å². The monoisotopic (exact) mass is 609 g/mol. The Morgan fingerprint density at radius 1 is 1.13 bits per heavy atom. The van der Waals surface area contributed by atoms with Gasteiger partial charge in [0.15, 0.2) is 0 Å². The third-order valence-electron chi connectivity index (χ3n) is 8.53. The van der Waals surface area contributed by atoms with Crippen molar-refractivity contribution in [3.63, 3.8) is 0 Å². The lowest BCUT2D eigenvalue weighted by molar-refractivity contribution is -0.128. The lowest BCUT2D eigenvalue weighted by Gasteiger charge is -2.39. The summed E-state index contributed by atoms with van der Waals surface area (Å²) in [4.78, 5) is 21.9. The maximum Gasteiger partial charge on any atom is 0.264 e. The zero-order chi connectivity index (χ0) is 31.6. The topological polar surface area (TPSA) is 123 Å². The van der Waals surface area contributed by atoms with E-state index in [-0.39, 0.29) is 28.9 Å². The number of halogens is 1. The molecular weight excluding hydrogens is 573 g/mol. The van der Waals surface area contributed by atoms with Gasteiger partial charge in [-0.3, -0.25) is 14.4 Å². The maximum atomic E-state index is 15.6. The lowest BCUT2D eigenvalue weighted by Crippen LogP contribution is -2.49. The van der Waals surface area contributed by atoms with E-state index in [0.29, 0.717) is 54.4 Å². The van der Waals surface area contributed by atoms with Gasteiger partial charge in [-0.25, -0.2) is 9.37 Å². The van der Waals surface area contributed by atoms with Gasteiger partial charge in [-0.05, 0) is 63.1 Å². The van der Waals surface area contributed by atoms with Gasteiger partial charge in [0.1, 0.15) is 40.5 Å². The van der Waals surface area contributed by atoms with Gasteiger partial charge in [0.2, 0.25) is 0 Å². The Kier molecular flexibility index (Phi) is 8.52. The second-order valence-electron chi connectivity index (χ2n) is 11.9. The van der Waals surface area contributed by atoms with Crippen molar-refractivity contribution in [1.82, 2.24) is 24.6 Å². The van der Waals surface area contributed by atoms with E-state index in [1.165, 1.54) is 6.07 Å². The van der Waals surface area contributed by atoms with Crippen LogP contribution >= 0.6 is 0 Å². The number of carbonyl (C=O) groups excluding carboxylic acids is 1. The van der Waals surface area contributed by atoms with E-state index in [2.05, 4.69) is 16.0 Å². The fourth-order valence-electron chi connectivity index (χ4n) is 6.19. The third kappa shape index (κ3) is 6.25. The number of pyridine rings is 1. The summed E-state index contributed by atoms with van der Waals surface area (Å²) in [5, 5.41) is 15.4. The van der Waals surface area contributed by atoms with Crippen LogP contribution in [0.5, 0.6) is 11.5 Å². The number of nitriles is 1. The van der Waals surface area contributed by atoms with Crippen LogP contribution in [0, 0.1) is 17.1 Å². The van der Waals surface area contributed by atoms with Gasteiger partial charge in [0.05, 0.1) is 30.2 Å². The quantitative estimate of drug-likeness (QED) is 0.220. The summed E-state index contributed by atoms with van der Waals surface area (Å²) in [6, 6.07) is 17.6. The van der Waals surface area contributed by atoms with Gasteiger partial charge in [0, 0.05) is 49.5 Å². The van der Waals surface area contributed by atoms with E-state index in [4.69, 9.17) is 20.3 Å². The highest BCUT2D eigenvalue weighted by molar-refractivity contribution is 6.00. The molecule has 2 aliphatic heterocycles. The van der Waals surface area contributed by atoms with Crippen molar-refractivity contribution >= 4 is 22.6 Å². The van der Waals surface area contributed by atoms with E-state index < -0.39 is 11.4 Å². The predicted molar refractivity (Wildman–Crippen MR) is 169 cm³/mol. The van der Waals surface area contributed by atoms with Crippen molar-refractivity contribution in [2.24, 2.45) is 0 Å². The number of amides is 1. The summed E-state index contributed by atoms with van der Waals surface area (Å²) in [5.74, 6) is 0.383. The number of ether oxygens (including phenoxy) is 2. The highest BCUT2D eigenvalue weighted by atomic mass is 19.1. The summed E-state index contributed by atoms with van der Waals surface area (Å²) >= 11 is 0. The lowest BCUT2D eigenvalue weighted by atomic mass is 9.97. The van der Waals surface area contributed by atoms with Crippen LogP contribution in [0.25, 0.3) is 22.2 Å². The standard InChI is InChI=1S/C34H36FN7O3/c1-34(2,41-15-17-44-18-16-41)20-23(21-36)33(43)40-14-6-7-24(22-40)42-29-12-13-38-32(37)30(29)31(39-42)27-11-10-26(19-28(27)35)45-25-8-4-3-5-9-25/h3-5,8-13,19-20,24H,6-7,14-18,22H2,1-2H3,(H2,37,38). The molecule has 2 N–H and O–H groups in total. The van der Waals surface area contributed by atoms with E-state index >= 15 is 4.39 Å². The Hall–Kier alpha value is -4.79. The number of nitrogen functional groups attached to an aromatic ring is 1. The molecular formula is C34H36FN7O3. The molecule has 232 valence electrons. The molecule has 45 heavy (non-hydrogen) atoms. The number of likely N-dealkylation sites (tertiary alicyclic amines) is 1. The molecule has 11 heteroatoms. The number of aromatic nitrogens is 3. The third-order valence-corrected chi connectivity index (χ3v) is 8.53. The summed E-state index contributed by atoms with van der Waals surface area (Å²) < 4.78 is 28.7. The van der Waals surface area contributed by atoms with Crippen molar-refractivity contribution in [1.29, 1.82) is 5.26 Å². The van der Waals surface area contributed by atoms with Gasteiger partial charge in [-0.15, -0.1) is 0 Å². The van der Waals surface area contributed by atoms with Gasteiger partial charge >= 0.3 is 0 Å².